The van der Waals surface area contributed by atoms with Gasteiger partial charge in [0.1, 0.15) is 0 Å². The molecule has 0 aromatic carbocycles. The van der Waals surface area contributed by atoms with Gasteiger partial charge in [-0.25, -0.2) is 0 Å². The van der Waals surface area contributed by atoms with Crippen molar-refractivity contribution in [2.45, 2.75) is 117 Å². The number of nitrogens with one attached hydrogen (secondary N) is 1. The summed E-state index contributed by atoms with van der Waals surface area (Å²) >= 11 is 0. The zero-order chi connectivity index (χ0) is 36.2. The minimum Gasteiger partial charge on any atom is -0.379 e. The van der Waals surface area contributed by atoms with Crippen molar-refractivity contribution in [2.75, 3.05) is 34.4 Å². The molecule has 10 heteroatoms. The summed E-state index contributed by atoms with van der Waals surface area (Å²) < 4.78 is 11.9. The molecule has 3 amide bonds. The van der Waals surface area contributed by atoms with Gasteiger partial charge in [0.15, 0.2) is 5.78 Å². The van der Waals surface area contributed by atoms with E-state index in [4.69, 9.17) is 15.2 Å². The number of hydrogen-bond acceptors (Lipinski definition) is 7. The van der Waals surface area contributed by atoms with Gasteiger partial charge in [-0.15, -0.1) is 0 Å². The fourth-order valence-corrected chi connectivity index (χ4v) is 6.96. The molecule has 0 radical (unpaired) electrons. The van der Waals surface area contributed by atoms with Gasteiger partial charge in [0.05, 0.1) is 42.2 Å². The number of carbonyl (C=O) groups is 4. The first-order valence-corrected chi connectivity index (χ1v) is 17.8. The molecule has 3 N–H and O–H groups in total. The summed E-state index contributed by atoms with van der Waals surface area (Å²) in [6, 6.07) is -0.645. The maximum atomic E-state index is 14.0. The maximum Gasteiger partial charge on any atom is 0.226 e. The lowest BCUT2D eigenvalue weighted by atomic mass is 9.83. The lowest BCUT2D eigenvalue weighted by molar-refractivity contribution is -0.149. The summed E-state index contributed by atoms with van der Waals surface area (Å²) in [5, 5.41) is 3.07. The number of methoxy groups -OCH3 is 2. The van der Waals surface area contributed by atoms with Crippen molar-refractivity contribution in [3.05, 3.63) is 36.5 Å². The van der Waals surface area contributed by atoms with Crippen LogP contribution in [-0.4, -0.2) is 97.5 Å². The number of rotatable bonds is 19. The summed E-state index contributed by atoms with van der Waals surface area (Å²) in [6.45, 7) is 14.3. The summed E-state index contributed by atoms with van der Waals surface area (Å²) in [6.07, 6.45) is 14.5. The molecule has 48 heavy (non-hydrogen) atoms. The van der Waals surface area contributed by atoms with E-state index in [9.17, 15) is 19.2 Å². The van der Waals surface area contributed by atoms with E-state index in [2.05, 4.69) is 31.3 Å². The molecule has 0 saturated carbocycles. The van der Waals surface area contributed by atoms with Gasteiger partial charge in [-0.1, -0.05) is 77.5 Å². The van der Waals surface area contributed by atoms with Crippen LogP contribution in [0.2, 0.25) is 0 Å². The second-order valence-electron chi connectivity index (χ2n) is 14.7. The Kier molecular flexibility index (Phi) is 16.7. The largest absolute Gasteiger partial charge is 0.379 e. The van der Waals surface area contributed by atoms with E-state index in [1.54, 1.807) is 40.0 Å². The second-order valence-corrected chi connectivity index (χ2v) is 14.7. The number of allylic oxidation sites excluding steroid dienone is 6. The van der Waals surface area contributed by atoms with Crippen molar-refractivity contribution in [3.8, 4) is 0 Å². The molecule has 272 valence electrons. The first kappa shape index (κ1) is 41.4. The topological polar surface area (TPSA) is 131 Å². The number of likely N-dealkylation sites (tertiary alicyclic amines) is 1. The van der Waals surface area contributed by atoms with Crippen molar-refractivity contribution in [1.29, 1.82) is 0 Å². The monoisotopic (exact) mass is 672 g/mol. The van der Waals surface area contributed by atoms with Crippen LogP contribution in [0.5, 0.6) is 0 Å². The number of ether oxygens (including phenoxy) is 2. The van der Waals surface area contributed by atoms with E-state index < -0.39 is 35.6 Å². The SMILES string of the molecule is CC[C@H](C)[C@@H]([C@@H](CC(=O)N1CCC[C@H]1[C@H](OC)[C@@H](C)C(=O)NCCC1C=CC=CC=C1)OC)N(C)C(=O)[C@@H](CC(=O)C(C)(C)N)C(C)C. The van der Waals surface area contributed by atoms with E-state index >= 15 is 0 Å². The second kappa shape index (κ2) is 19.4. The standard InChI is InChI=1S/C38H64N4O6/c1-11-26(4)34(41(8)37(46)29(25(2)3)23-32(43)38(6,7)39)31(47-9)24-33(44)42-22-16-19-30(42)35(48-10)27(5)36(45)40-21-20-28-17-14-12-13-15-18-28/h12-15,17-18,25-31,34-35H,11,16,19-24,39H2,1-10H3,(H,40,45)/t26-,27+,29-,30-,31+,34-,35+/m0/s1. The third-order valence-corrected chi connectivity index (χ3v) is 10.3. The summed E-state index contributed by atoms with van der Waals surface area (Å²) in [4.78, 5) is 57.7. The fraction of sp³-hybridized carbons (Fsp3) is 0.737. The third-order valence-electron chi connectivity index (χ3n) is 10.3. The van der Waals surface area contributed by atoms with Gasteiger partial charge in [0.25, 0.3) is 0 Å². The highest BCUT2D eigenvalue weighted by molar-refractivity contribution is 5.92. The number of amides is 3. The normalized spacial score (nSPS) is 20.6. The van der Waals surface area contributed by atoms with Crippen molar-refractivity contribution in [3.63, 3.8) is 0 Å². The average molecular weight is 673 g/mol. The average Bonchev–Trinajstić information content (AvgIpc) is 3.38. The van der Waals surface area contributed by atoms with Gasteiger partial charge < -0.3 is 30.3 Å². The number of nitrogens with zero attached hydrogens (tertiary/aromatic N) is 2. The Bertz CT molecular complexity index is 1140. The van der Waals surface area contributed by atoms with Crippen LogP contribution in [0.25, 0.3) is 0 Å². The zero-order valence-corrected chi connectivity index (χ0v) is 31.2. The van der Waals surface area contributed by atoms with Gasteiger partial charge in [0.2, 0.25) is 17.7 Å². The third kappa shape index (κ3) is 11.4. The van der Waals surface area contributed by atoms with Crippen LogP contribution in [0.1, 0.15) is 87.0 Å². The molecule has 2 aliphatic rings. The van der Waals surface area contributed by atoms with Gasteiger partial charge in [-0.3, -0.25) is 19.2 Å². The van der Waals surface area contributed by atoms with Crippen LogP contribution in [-0.2, 0) is 28.7 Å². The lowest BCUT2D eigenvalue weighted by Gasteiger charge is -2.41. The van der Waals surface area contributed by atoms with Gasteiger partial charge in [-0.2, -0.15) is 0 Å². The summed E-state index contributed by atoms with van der Waals surface area (Å²) in [5.41, 5.74) is 5.04. The molecule has 1 aliphatic carbocycles. The van der Waals surface area contributed by atoms with Crippen molar-refractivity contribution in [1.82, 2.24) is 15.1 Å². The zero-order valence-electron chi connectivity index (χ0n) is 31.2. The minimum absolute atomic E-state index is 0.0243. The van der Waals surface area contributed by atoms with E-state index in [0.717, 1.165) is 25.7 Å². The Hall–Kier alpha value is -2.82. The van der Waals surface area contributed by atoms with E-state index in [0.29, 0.717) is 13.1 Å². The predicted octanol–water partition coefficient (Wildman–Crippen LogP) is 4.68. The molecule has 1 aliphatic heterocycles. The molecule has 2 rings (SSSR count). The van der Waals surface area contributed by atoms with E-state index in [-0.39, 0.29) is 60.1 Å². The molecule has 0 spiro atoms. The molecule has 0 aromatic rings. The summed E-state index contributed by atoms with van der Waals surface area (Å²) in [5.74, 6) is -1.29. The van der Waals surface area contributed by atoms with Crippen LogP contribution in [0, 0.1) is 29.6 Å². The van der Waals surface area contributed by atoms with Crippen LogP contribution in [0.15, 0.2) is 36.5 Å². The van der Waals surface area contributed by atoms with Crippen molar-refractivity contribution < 1.29 is 28.7 Å². The number of ketones is 1. The molecule has 1 heterocycles. The minimum atomic E-state index is -1.03. The van der Waals surface area contributed by atoms with E-state index in [1.165, 1.54) is 0 Å². The molecule has 0 aromatic heterocycles. The number of hydrogen-bond donors (Lipinski definition) is 2. The van der Waals surface area contributed by atoms with Gasteiger partial charge in [0, 0.05) is 46.7 Å². The lowest BCUT2D eigenvalue weighted by Crippen LogP contribution is -2.54. The Labute approximate surface area is 289 Å². The molecule has 0 unspecified atom stereocenters. The molecule has 10 nitrogen and oxygen atoms in total. The van der Waals surface area contributed by atoms with Crippen LogP contribution < -0.4 is 11.1 Å². The number of likely N-dealkylation sites (N-methyl/N-ethyl adjacent to an activating group) is 1. The highest BCUT2D eigenvalue weighted by Crippen LogP contribution is 2.31. The van der Waals surface area contributed by atoms with E-state index in [1.807, 2.05) is 50.0 Å². The Morgan fingerprint density at radius 1 is 1.00 bits per heavy atom. The van der Waals surface area contributed by atoms with Gasteiger partial charge >= 0.3 is 0 Å². The Morgan fingerprint density at radius 2 is 1.62 bits per heavy atom. The molecule has 1 saturated heterocycles. The van der Waals surface area contributed by atoms with Crippen molar-refractivity contribution >= 4 is 23.5 Å². The fourth-order valence-electron chi connectivity index (χ4n) is 6.96. The van der Waals surface area contributed by atoms with Crippen LogP contribution in [0.3, 0.4) is 0 Å². The highest BCUT2D eigenvalue weighted by atomic mass is 16.5. The molecular weight excluding hydrogens is 608 g/mol. The number of carbonyl (C=O) groups excluding carboxylic acids is 4. The summed E-state index contributed by atoms with van der Waals surface area (Å²) in [7, 11) is 4.93. The Balaban J connectivity index is 2.17. The van der Waals surface area contributed by atoms with Crippen LogP contribution >= 0.6 is 0 Å². The smallest absolute Gasteiger partial charge is 0.226 e. The molecule has 0 bridgehead atoms. The number of nitrogens with two attached hydrogens (primary N) is 1. The maximum absolute atomic E-state index is 14.0. The molecule has 1 fully saturated rings. The predicted molar refractivity (Wildman–Crippen MR) is 191 cm³/mol. The van der Waals surface area contributed by atoms with Gasteiger partial charge in [-0.05, 0) is 50.9 Å². The van der Waals surface area contributed by atoms with Crippen LogP contribution in [0.4, 0.5) is 0 Å². The number of Topliss-reactive ketones (excluding diaryl/α,β-unsaturated/α-hetero) is 1. The quantitative estimate of drug-likeness (QED) is 0.204. The Morgan fingerprint density at radius 3 is 2.15 bits per heavy atom. The first-order valence-electron chi connectivity index (χ1n) is 17.8. The molecule has 7 atom stereocenters. The first-order chi connectivity index (χ1) is 22.6. The molecular formula is C38H64N4O6. The van der Waals surface area contributed by atoms with Crippen molar-refractivity contribution in [2.24, 2.45) is 35.3 Å². The highest BCUT2D eigenvalue weighted by Gasteiger charge is 2.43.